The number of anilines is 1. The molecule has 3 heterocycles. The molecule has 124 valence electrons. The Morgan fingerprint density at radius 3 is 2.91 bits per heavy atom. The Labute approximate surface area is 134 Å². The first-order valence-corrected chi connectivity index (χ1v) is 7.83. The van der Waals surface area contributed by atoms with Crippen LogP contribution >= 0.6 is 0 Å². The van der Waals surface area contributed by atoms with Crippen LogP contribution in [0.5, 0.6) is 0 Å². The van der Waals surface area contributed by atoms with Crippen molar-refractivity contribution in [1.82, 2.24) is 20.2 Å². The first-order valence-electron chi connectivity index (χ1n) is 7.83. The van der Waals surface area contributed by atoms with Crippen LogP contribution in [-0.4, -0.2) is 39.2 Å². The number of amides is 1. The van der Waals surface area contributed by atoms with Gasteiger partial charge in [-0.25, -0.2) is 0 Å². The number of hydrogen-bond acceptors (Lipinski definition) is 7. The van der Waals surface area contributed by atoms with Crippen molar-refractivity contribution < 1.29 is 13.8 Å². The lowest BCUT2D eigenvalue weighted by molar-refractivity contribution is -0.117. The normalized spacial score (nSPS) is 18.7. The average molecular weight is 319 g/mol. The molecule has 0 saturated carbocycles. The molecule has 1 amide bonds. The van der Waals surface area contributed by atoms with Crippen molar-refractivity contribution in [3.63, 3.8) is 0 Å². The van der Waals surface area contributed by atoms with E-state index in [1.165, 1.54) is 0 Å². The van der Waals surface area contributed by atoms with Gasteiger partial charge in [0.15, 0.2) is 5.82 Å². The van der Waals surface area contributed by atoms with Crippen LogP contribution in [0.25, 0.3) is 0 Å². The average Bonchev–Trinajstić information content (AvgIpc) is 3.19. The third-order valence-corrected chi connectivity index (χ3v) is 3.93. The van der Waals surface area contributed by atoms with Crippen LogP contribution in [0.3, 0.4) is 0 Å². The molecule has 23 heavy (non-hydrogen) atoms. The largest absolute Gasteiger partial charge is 0.340 e. The summed E-state index contributed by atoms with van der Waals surface area (Å²) in [6.45, 7) is 6.89. The summed E-state index contributed by atoms with van der Waals surface area (Å²) >= 11 is 0. The van der Waals surface area contributed by atoms with Crippen LogP contribution in [-0.2, 0) is 4.79 Å². The minimum atomic E-state index is -0.136. The smallest absolute Gasteiger partial charge is 0.240 e. The number of hydrogen-bond donors (Lipinski definition) is 1. The second-order valence-electron chi connectivity index (χ2n) is 6.12. The molecule has 1 atom stereocenters. The Morgan fingerprint density at radius 1 is 1.43 bits per heavy atom. The molecule has 2 aromatic heterocycles. The second kappa shape index (κ2) is 6.49. The van der Waals surface area contributed by atoms with Gasteiger partial charge in [-0.05, 0) is 25.3 Å². The van der Waals surface area contributed by atoms with Crippen LogP contribution in [0, 0.1) is 6.92 Å². The zero-order valence-corrected chi connectivity index (χ0v) is 13.6. The molecule has 1 saturated heterocycles. The van der Waals surface area contributed by atoms with Crippen LogP contribution in [0.15, 0.2) is 15.1 Å². The highest BCUT2D eigenvalue weighted by Gasteiger charge is 2.31. The van der Waals surface area contributed by atoms with Crippen LogP contribution < -0.4 is 5.32 Å². The Balaban J connectivity index is 1.60. The van der Waals surface area contributed by atoms with Crippen molar-refractivity contribution in [1.29, 1.82) is 0 Å². The summed E-state index contributed by atoms with van der Waals surface area (Å²) in [4.78, 5) is 18.6. The Bertz CT molecular complexity index is 678. The molecule has 2 aromatic rings. The highest BCUT2D eigenvalue weighted by atomic mass is 16.5. The lowest BCUT2D eigenvalue weighted by Crippen LogP contribution is -2.33. The molecule has 0 aliphatic carbocycles. The van der Waals surface area contributed by atoms with Gasteiger partial charge in [-0.1, -0.05) is 24.2 Å². The molecule has 1 fully saturated rings. The van der Waals surface area contributed by atoms with E-state index in [9.17, 15) is 4.79 Å². The van der Waals surface area contributed by atoms with Crippen molar-refractivity contribution >= 4 is 11.8 Å². The number of carbonyl (C=O) groups excluding carboxylic acids is 1. The maximum atomic E-state index is 12.2. The lowest BCUT2D eigenvalue weighted by atomic mass is 10.1. The van der Waals surface area contributed by atoms with E-state index >= 15 is 0 Å². The SMILES string of the molecule is Cc1nc([C@H]2CCCN2CC(=O)Nc2cc(C(C)C)no2)no1. The quantitative estimate of drug-likeness (QED) is 0.902. The van der Waals surface area contributed by atoms with Crippen LogP contribution in [0.2, 0.25) is 0 Å². The van der Waals surface area contributed by atoms with E-state index in [0.717, 1.165) is 25.1 Å². The van der Waals surface area contributed by atoms with E-state index in [1.54, 1.807) is 13.0 Å². The number of carbonyl (C=O) groups is 1. The van der Waals surface area contributed by atoms with Gasteiger partial charge in [-0.3, -0.25) is 15.0 Å². The number of nitrogens with one attached hydrogen (secondary N) is 1. The molecule has 1 aliphatic heterocycles. The van der Waals surface area contributed by atoms with E-state index in [2.05, 4.69) is 25.5 Å². The molecule has 3 rings (SSSR count). The highest BCUT2D eigenvalue weighted by Crippen LogP contribution is 2.29. The molecule has 0 spiro atoms. The van der Waals surface area contributed by atoms with E-state index in [4.69, 9.17) is 9.05 Å². The fourth-order valence-corrected chi connectivity index (χ4v) is 2.74. The molecule has 0 radical (unpaired) electrons. The first kappa shape index (κ1) is 15.7. The van der Waals surface area contributed by atoms with E-state index in [-0.39, 0.29) is 24.4 Å². The molecule has 0 aromatic carbocycles. The number of rotatable bonds is 5. The number of aromatic nitrogens is 3. The summed E-state index contributed by atoms with van der Waals surface area (Å²) in [5.41, 5.74) is 0.821. The number of nitrogens with zero attached hydrogens (tertiary/aromatic N) is 4. The van der Waals surface area contributed by atoms with Crippen molar-refractivity contribution in [3.8, 4) is 0 Å². The molecule has 0 bridgehead atoms. The summed E-state index contributed by atoms with van der Waals surface area (Å²) in [5, 5.41) is 10.7. The fourth-order valence-electron chi connectivity index (χ4n) is 2.74. The summed E-state index contributed by atoms with van der Waals surface area (Å²) in [6, 6.07) is 1.78. The number of aryl methyl sites for hydroxylation is 1. The monoisotopic (exact) mass is 319 g/mol. The molecular weight excluding hydrogens is 298 g/mol. The summed E-state index contributed by atoms with van der Waals surface area (Å²) in [5.74, 6) is 1.69. The Kier molecular flexibility index (Phi) is 4.42. The van der Waals surface area contributed by atoms with E-state index in [0.29, 0.717) is 17.6 Å². The van der Waals surface area contributed by atoms with Crippen molar-refractivity contribution in [2.75, 3.05) is 18.4 Å². The highest BCUT2D eigenvalue weighted by molar-refractivity contribution is 5.91. The third kappa shape index (κ3) is 3.58. The van der Waals surface area contributed by atoms with Gasteiger partial charge in [-0.2, -0.15) is 4.98 Å². The summed E-state index contributed by atoms with van der Waals surface area (Å²) in [7, 11) is 0. The molecule has 8 nitrogen and oxygen atoms in total. The maximum Gasteiger partial charge on any atom is 0.240 e. The van der Waals surface area contributed by atoms with Gasteiger partial charge in [-0.15, -0.1) is 0 Å². The van der Waals surface area contributed by atoms with Gasteiger partial charge in [0.05, 0.1) is 18.3 Å². The minimum Gasteiger partial charge on any atom is -0.340 e. The topological polar surface area (TPSA) is 97.3 Å². The molecular formula is C15H21N5O3. The predicted molar refractivity (Wildman–Crippen MR) is 81.8 cm³/mol. The maximum absolute atomic E-state index is 12.2. The van der Waals surface area contributed by atoms with Gasteiger partial charge in [0.2, 0.25) is 17.7 Å². The molecule has 1 aliphatic rings. The van der Waals surface area contributed by atoms with Gasteiger partial charge in [0.1, 0.15) is 0 Å². The molecule has 1 N–H and O–H groups in total. The first-order chi connectivity index (χ1) is 11.0. The van der Waals surface area contributed by atoms with Gasteiger partial charge >= 0.3 is 0 Å². The summed E-state index contributed by atoms with van der Waals surface area (Å²) in [6.07, 6.45) is 1.93. The van der Waals surface area contributed by atoms with Gasteiger partial charge in [0, 0.05) is 13.0 Å². The summed E-state index contributed by atoms with van der Waals surface area (Å²) < 4.78 is 10.2. The van der Waals surface area contributed by atoms with E-state index < -0.39 is 0 Å². The number of likely N-dealkylation sites (tertiary alicyclic amines) is 1. The molecule has 8 heteroatoms. The van der Waals surface area contributed by atoms with Gasteiger partial charge in [0.25, 0.3) is 0 Å². The minimum absolute atomic E-state index is 0.0270. The molecule has 0 unspecified atom stereocenters. The Hall–Kier alpha value is -2.22. The zero-order valence-electron chi connectivity index (χ0n) is 13.6. The van der Waals surface area contributed by atoms with Crippen LogP contribution in [0.1, 0.15) is 56.1 Å². The zero-order chi connectivity index (χ0) is 16.4. The predicted octanol–water partition coefficient (Wildman–Crippen LogP) is 2.27. The van der Waals surface area contributed by atoms with Crippen LogP contribution in [0.4, 0.5) is 5.88 Å². The lowest BCUT2D eigenvalue weighted by Gasteiger charge is -2.20. The standard InChI is InChI=1S/C15H21N5O3/c1-9(2)11-7-14(23-18-11)17-13(21)8-20-6-4-5-12(20)15-16-10(3)22-19-15/h7,9,12H,4-6,8H2,1-3H3,(H,17,21)/t12-/m1/s1. The van der Waals surface area contributed by atoms with E-state index in [1.807, 2.05) is 13.8 Å². The second-order valence-corrected chi connectivity index (χ2v) is 6.12. The third-order valence-electron chi connectivity index (χ3n) is 3.93. The Morgan fingerprint density at radius 2 is 2.26 bits per heavy atom. The van der Waals surface area contributed by atoms with Crippen molar-refractivity contribution in [3.05, 3.63) is 23.5 Å². The van der Waals surface area contributed by atoms with Crippen molar-refractivity contribution in [2.24, 2.45) is 0 Å². The van der Waals surface area contributed by atoms with Crippen molar-refractivity contribution in [2.45, 2.75) is 45.6 Å². The van der Waals surface area contributed by atoms with Gasteiger partial charge < -0.3 is 9.05 Å². The fraction of sp³-hybridized carbons (Fsp3) is 0.600.